The van der Waals surface area contributed by atoms with Crippen molar-refractivity contribution in [2.45, 2.75) is 25.8 Å². The summed E-state index contributed by atoms with van der Waals surface area (Å²) in [6, 6.07) is 13.4. The van der Waals surface area contributed by atoms with Gasteiger partial charge in [0.05, 0.1) is 0 Å². The fourth-order valence-electron chi connectivity index (χ4n) is 2.68. The number of allylic oxidation sites excluding steroid dienone is 2. The topological polar surface area (TPSA) is 38.3 Å². The highest BCUT2D eigenvalue weighted by Gasteiger charge is 2.17. The SMILES string of the molecule is O=C(NCc1ccc(Oc2ccc(F)cc2)cc1)[C@H]1CC=CCC1. The van der Waals surface area contributed by atoms with Crippen molar-refractivity contribution in [2.75, 3.05) is 0 Å². The molecular formula is C20H20FNO2. The van der Waals surface area contributed by atoms with Crippen molar-refractivity contribution < 1.29 is 13.9 Å². The molecule has 1 aliphatic rings. The maximum Gasteiger partial charge on any atom is 0.223 e. The number of nitrogens with one attached hydrogen (secondary N) is 1. The Morgan fingerprint density at radius 1 is 1.04 bits per heavy atom. The van der Waals surface area contributed by atoms with Crippen molar-refractivity contribution in [3.63, 3.8) is 0 Å². The van der Waals surface area contributed by atoms with E-state index in [1.807, 2.05) is 24.3 Å². The first kappa shape index (κ1) is 16.2. The summed E-state index contributed by atoms with van der Waals surface area (Å²) in [5.74, 6) is 1.18. The molecule has 3 nitrogen and oxygen atoms in total. The van der Waals surface area contributed by atoms with E-state index in [9.17, 15) is 9.18 Å². The van der Waals surface area contributed by atoms with Crippen LogP contribution in [0.2, 0.25) is 0 Å². The average molecular weight is 325 g/mol. The number of benzene rings is 2. The zero-order valence-electron chi connectivity index (χ0n) is 13.4. The van der Waals surface area contributed by atoms with Crippen LogP contribution in [0.5, 0.6) is 11.5 Å². The number of carbonyl (C=O) groups excluding carboxylic acids is 1. The van der Waals surface area contributed by atoms with Crippen LogP contribution in [0.4, 0.5) is 4.39 Å². The molecular weight excluding hydrogens is 305 g/mol. The number of hydrogen-bond donors (Lipinski definition) is 1. The third kappa shape index (κ3) is 4.44. The lowest BCUT2D eigenvalue weighted by molar-refractivity contribution is -0.125. The Balaban J connectivity index is 1.51. The van der Waals surface area contributed by atoms with Gasteiger partial charge in [-0.25, -0.2) is 4.39 Å². The van der Waals surface area contributed by atoms with E-state index in [4.69, 9.17) is 4.74 Å². The first-order chi connectivity index (χ1) is 11.7. The minimum Gasteiger partial charge on any atom is -0.457 e. The minimum atomic E-state index is -0.290. The fourth-order valence-corrected chi connectivity index (χ4v) is 2.68. The monoisotopic (exact) mass is 325 g/mol. The van der Waals surface area contributed by atoms with Gasteiger partial charge in [0.15, 0.2) is 0 Å². The Morgan fingerprint density at radius 2 is 1.71 bits per heavy atom. The Kier molecular flexibility index (Phi) is 5.26. The van der Waals surface area contributed by atoms with Gasteiger partial charge in [0.2, 0.25) is 5.91 Å². The van der Waals surface area contributed by atoms with Crippen molar-refractivity contribution in [3.05, 3.63) is 72.1 Å². The lowest BCUT2D eigenvalue weighted by atomic mass is 9.93. The summed E-state index contributed by atoms with van der Waals surface area (Å²) in [6.07, 6.45) is 6.94. The minimum absolute atomic E-state index is 0.0936. The number of ether oxygens (including phenoxy) is 1. The van der Waals surface area contributed by atoms with Crippen molar-refractivity contribution in [2.24, 2.45) is 5.92 Å². The normalized spacial score (nSPS) is 16.6. The van der Waals surface area contributed by atoms with Crippen LogP contribution in [0, 0.1) is 11.7 Å². The summed E-state index contributed by atoms with van der Waals surface area (Å²) < 4.78 is 18.5. The third-order valence-corrected chi connectivity index (χ3v) is 4.08. The molecule has 0 saturated carbocycles. The summed E-state index contributed by atoms with van der Waals surface area (Å²) in [5.41, 5.74) is 1.01. The molecule has 1 atom stereocenters. The van der Waals surface area contributed by atoms with Crippen LogP contribution in [0.25, 0.3) is 0 Å². The number of hydrogen-bond acceptors (Lipinski definition) is 2. The van der Waals surface area contributed by atoms with Crippen LogP contribution in [-0.4, -0.2) is 5.91 Å². The van der Waals surface area contributed by atoms with E-state index in [1.54, 1.807) is 12.1 Å². The smallest absolute Gasteiger partial charge is 0.223 e. The highest BCUT2D eigenvalue weighted by Crippen LogP contribution is 2.22. The molecule has 4 heteroatoms. The molecule has 0 heterocycles. The van der Waals surface area contributed by atoms with Crippen molar-refractivity contribution in [3.8, 4) is 11.5 Å². The second kappa shape index (κ2) is 7.77. The predicted octanol–water partition coefficient (Wildman–Crippen LogP) is 4.59. The molecule has 0 unspecified atom stereocenters. The Bertz CT molecular complexity index is 707. The molecule has 1 aliphatic carbocycles. The van der Waals surface area contributed by atoms with Crippen LogP contribution >= 0.6 is 0 Å². The molecule has 0 spiro atoms. The first-order valence-corrected chi connectivity index (χ1v) is 8.16. The Hall–Kier alpha value is -2.62. The molecule has 24 heavy (non-hydrogen) atoms. The van der Waals surface area contributed by atoms with E-state index < -0.39 is 0 Å². The van der Waals surface area contributed by atoms with Gasteiger partial charge in [0.1, 0.15) is 17.3 Å². The van der Waals surface area contributed by atoms with Gasteiger partial charge < -0.3 is 10.1 Å². The van der Waals surface area contributed by atoms with E-state index in [1.165, 1.54) is 12.1 Å². The van der Waals surface area contributed by atoms with Gasteiger partial charge in [-0.15, -0.1) is 0 Å². The quantitative estimate of drug-likeness (QED) is 0.817. The summed E-state index contributed by atoms with van der Waals surface area (Å²) in [6.45, 7) is 0.510. The number of halogens is 1. The molecule has 2 aromatic carbocycles. The summed E-state index contributed by atoms with van der Waals surface area (Å²) >= 11 is 0. The lowest BCUT2D eigenvalue weighted by Gasteiger charge is -2.17. The number of rotatable bonds is 5. The molecule has 0 radical (unpaired) electrons. The van der Waals surface area contributed by atoms with Crippen molar-refractivity contribution in [1.82, 2.24) is 5.32 Å². The molecule has 1 N–H and O–H groups in total. The molecule has 1 amide bonds. The van der Waals surface area contributed by atoms with Crippen molar-refractivity contribution in [1.29, 1.82) is 0 Å². The summed E-state index contributed by atoms with van der Waals surface area (Å²) in [5, 5.41) is 2.99. The third-order valence-electron chi connectivity index (χ3n) is 4.08. The molecule has 124 valence electrons. The van der Waals surface area contributed by atoms with Gasteiger partial charge in [-0.2, -0.15) is 0 Å². The molecule has 0 bridgehead atoms. The Labute approximate surface area is 141 Å². The van der Waals surface area contributed by atoms with Gasteiger partial charge in [0, 0.05) is 12.5 Å². The van der Waals surface area contributed by atoms with E-state index >= 15 is 0 Å². The molecule has 0 saturated heterocycles. The summed E-state index contributed by atoms with van der Waals surface area (Å²) in [4.78, 5) is 12.1. The molecule has 2 aromatic rings. The molecule has 0 fully saturated rings. The average Bonchev–Trinajstić information content (AvgIpc) is 2.63. The van der Waals surface area contributed by atoms with Gasteiger partial charge >= 0.3 is 0 Å². The molecule has 3 rings (SSSR count). The maximum absolute atomic E-state index is 12.9. The highest BCUT2D eigenvalue weighted by molar-refractivity contribution is 5.78. The van der Waals surface area contributed by atoms with Gasteiger partial charge in [0.25, 0.3) is 0 Å². The standard InChI is InChI=1S/C20H20FNO2/c21-17-8-12-19(13-9-17)24-18-10-6-15(7-11-18)14-22-20(23)16-4-2-1-3-5-16/h1-2,6-13,16H,3-5,14H2,(H,22,23)/t16-/m0/s1. The van der Waals surface area contributed by atoms with E-state index in [2.05, 4.69) is 17.5 Å². The number of carbonyl (C=O) groups is 1. The summed E-state index contributed by atoms with van der Waals surface area (Å²) in [7, 11) is 0. The van der Waals surface area contributed by atoms with Gasteiger partial charge in [-0.1, -0.05) is 24.3 Å². The van der Waals surface area contributed by atoms with Crippen LogP contribution < -0.4 is 10.1 Å². The van der Waals surface area contributed by atoms with E-state index in [-0.39, 0.29) is 17.6 Å². The van der Waals surface area contributed by atoms with Crippen LogP contribution in [-0.2, 0) is 11.3 Å². The number of amides is 1. The zero-order valence-corrected chi connectivity index (χ0v) is 13.4. The largest absolute Gasteiger partial charge is 0.457 e. The van der Waals surface area contributed by atoms with Gasteiger partial charge in [-0.3, -0.25) is 4.79 Å². The Morgan fingerprint density at radius 3 is 2.33 bits per heavy atom. The first-order valence-electron chi connectivity index (χ1n) is 8.16. The highest BCUT2D eigenvalue weighted by atomic mass is 19.1. The lowest BCUT2D eigenvalue weighted by Crippen LogP contribution is -2.30. The van der Waals surface area contributed by atoms with Crippen molar-refractivity contribution >= 4 is 5.91 Å². The van der Waals surface area contributed by atoms with E-state index in [0.29, 0.717) is 18.0 Å². The zero-order chi connectivity index (χ0) is 16.8. The molecule has 0 aromatic heterocycles. The fraction of sp³-hybridized carbons (Fsp3) is 0.250. The maximum atomic E-state index is 12.9. The predicted molar refractivity (Wildman–Crippen MR) is 91.2 cm³/mol. The van der Waals surface area contributed by atoms with Crippen LogP contribution in [0.3, 0.4) is 0 Å². The molecule has 0 aliphatic heterocycles. The second-order valence-electron chi connectivity index (χ2n) is 5.90. The van der Waals surface area contributed by atoms with Gasteiger partial charge in [-0.05, 0) is 61.2 Å². The van der Waals surface area contributed by atoms with E-state index in [0.717, 1.165) is 24.8 Å². The van der Waals surface area contributed by atoms with Crippen LogP contribution in [0.15, 0.2) is 60.7 Å². The second-order valence-corrected chi connectivity index (χ2v) is 5.90. The van der Waals surface area contributed by atoms with Crippen LogP contribution in [0.1, 0.15) is 24.8 Å².